The SMILES string of the molecule is CO[Si](OC)(OC)C(C)C[SiH]1CCCCO1. The molecule has 0 bridgehead atoms. The van der Waals surface area contributed by atoms with Crippen molar-refractivity contribution in [2.75, 3.05) is 27.9 Å². The van der Waals surface area contributed by atoms with Crippen molar-refractivity contribution in [2.24, 2.45) is 0 Å². The van der Waals surface area contributed by atoms with Gasteiger partial charge in [0.05, 0.1) is 0 Å². The first kappa shape index (κ1) is 14.3. The Balaban J connectivity index is 2.50. The molecule has 0 aliphatic carbocycles. The van der Waals surface area contributed by atoms with Gasteiger partial charge in [-0.1, -0.05) is 13.3 Å². The minimum Gasteiger partial charge on any atom is -0.420 e. The van der Waals surface area contributed by atoms with Crippen LogP contribution in [0.4, 0.5) is 0 Å². The van der Waals surface area contributed by atoms with E-state index in [2.05, 4.69) is 6.92 Å². The van der Waals surface area contributed by atoms with Crippen LogP contribution in [0.25, 0.3) is 0 Å². The highest BCUT2D eigenvalue weighted by Crippen LogP contribution is 2.31. The molecule has 1 aliphatic rings. The van der Waals surface area contributed by atoms with Crippen LogP contribution >= 0.6 is 0 Å². The van der Waals surface area contributed by atoms with E-state index in [1.165, 1.54) is 18.9 Å². The maximum atomic E-state index is 5.87. The molecular formula is C10H24O4Si2. The van der Waals surface area contributed by atoms with Gasteiger partial charge in [0.15, 0.2) is 9.04 Å². The number of hydrogen-bond acceptors (Lipinski definition) is 4. The quantitative estimate of drug-likeness (QED) is 0.685. The second-order valence-corrected chi connectivity index (χ2v) is 10.4. The van der Waals surface area contributed by atoms with Gasteiger partial charge in [-0.2, -0.15) is 0 Å². The predicted octanol–water partition coefficient (Wildman–Crippen LogP) is 1.79. The van der Waals surface area contributed by atoms with Gasteiger partial charge in [-0.3, -0.25) is 0 Å². The second kappa shape index (κ2) is 6.88. The monoisotopic (exact) mass is 264 g/mol. The highest BCUT2D eigenvalue weighted by Gasteiger charge is 2.45. The lowest BCUT2D eigenvalue weighted by molar-refractivity contribution is 0.114. The van der Waals surface area contributed by atoms with Crippen LogP contribution in [0.1, 0.15) is 19.8 Å². The van der Waals surface area contributed by atoms with Crippen molar-refractivity contribution < 1.29 is 17.7 Å². The third-order valence-electron chi connectivity index (χ3n) is 3.35. The van der Waals surface area contributed by atoms with E-state index in [0.717, 1.165) is 12.7 Å². The van der Waals surface area contributed by atoms with E-state index >= 15 is 0 Å². The Kier molecular flexibility index (Phi) is 6.16. The zero-order valence-corrected chi connectivity index (χ0v) is 13.0. The van der Waals surface area contributed by atoms with Crippen LogP contribution in [0.3, 0.4) is 0 Å². The van der Waals surface area contributed by atoms with Gasteiger partial charge in [-0.15, -0.1) is 0 Å². The maximum Gasteiger partial charge on any atom is 0.502 e. The van der Waals surface area contributed by atoms with Gasteiger partial charge in [0.2, 0.25) is 0 Å². The van der Waals surface area contributed by atoms with Crippen LogP contribution in [0.2, 0.25) is 17.6 Å². The average molecular weight is 264 g/mol. The van der Waals surface area contributed by atoms with Gasteiger partial charge in [-0.05, 0) is 18.5 Å². The fourth-order valence-corrected chi connectivity index (χ4v) is 8.61. The highest BCUT2D eigenvalue weighted by molar-refractivity contribution is 6.65. The molecule has 0 aromatic carbocycles. The molecular weight excluding hydrogens is 240 g/mol. The summed E-state index contributed by atoms with van der Waals surface area (Å²) in [5.74, 6) is 0. The molecule has 0 aromatic rings. The lowest BCUT2D eigenvalue weighted by Gasteiger charge is -2.32. The predicted molar refractivity (Wildman–Crippen MR) is 68.2 cm³/mol. The third-order valence-corrected chi connectivity index (χ3v) is 9.96. The molecule has 1 saturated heterocycles. The van der Waals surface area contributed by atoms with E-state index in [4.69, 9.17) is 17.7 Å². The second-order valence-electron chi connectivity index (χ2n) is 4.34. The summed E-state index contributed by atoms with van der Waals surface area (Å²) in [5, 5.41) is 0. The summed E-state index contributed by atoms with van der Waals surface area (Å²) in [6.45, 7) is 3.11. The minimum absolute atomic E-state index is 0.335. The molecule has 96 valence electrons. The standard InChI is InChI=1S/C10H24O4Si2/c1-10(16(11-2,12-3)13-4)9-15-8-6-5-7-14-15/h10,15H,5-9H2,1-4H3. The molecule has 0 radical (unpaired) electrons. The Morgan fingerprint density at radius 2 is 1.81 bits per heavy atom. The Bertz CT molecular complexity index is 185. The van der Waals surface area contributed by atoms with E-state index in [1.807, 2.05) is 0 Å². The summed E-state index contributed by atoms with van der Waals surface area (Å²) in [4.78, 5) is 0. The molecule has 16 heavy (non-hydrogen) atoms. The summed E-state index contributed by atoms with van der Waals surface area (Å²) >= 11 is 0. The molecule has 0 N–H and O–H groups in total. The van der Waals surface area contributed by atoms with E-state index in [1.54, 1.807) is 21.3 Å². The van der Waals surface area contributed by atoms with Crippen molar-refractivity contribution in [3.8, 4) is 0 Å². The molecule has 0 saturated carbocycles. The van der Waals surface area contributed by atoms with Crippen LogP contribution in [-0.2, 0) is 17.7 Å². The topological polar surface area (TPSA) is 36.9 Å². The van der Waals surface area contributed by atoms with Crippen molar-refractivity contribution in [3.05, 3.63) is 0 Å². The van der Waals surface area contributed by atoms with E-state index in [-0.39, 0.29) is 0 Å². The number of hydrogen-bond donors (Lipinski definition) is 0. The summed E-state index contributed by atoms with van der Waals surface area (Å²) in [6.07, 6.45) is 2.55. The zero-order valence-electron chi connectivity index (χ0n) is 10.8. The van der Waals surface area contributed by atoms with Gasteiger partial charge in [0.25, 0.3) is 0 Å². The van der Waals surface area contributed by atoms with Crippen LogP contribution in [-0.4, -0.2) is 45.8 Å². The van der Waals surface area contributed by atoms with Crippen LogP contribution < -0.4 is 0 Å². The van der Waals surface area contributed by atoms with E-state index in [0.29, 0.717) is 5.54 Å². The summed E-state index contributed by atoms with van der Waals surface area (Å²) < 4.78 is 22.4. The van der Waals surface area contributed by atoms with Crippen molar-refractivity contribution in [1.29, 1.82) is 0 Å². The highest BCUT2D eigenvalue weighted by atomic mass is 28.4. The molecule has 0 aromatic heterocycles. The molecule has 6 heteroatoms. The van der Waals surface area contributed by atoms with Crippen molar-refractivity contribution >= 4 is 17.8 Å². The summed E-state index contributed by atoms with van der Waals surface area (Å²) in [5.41, 5.74) is 0.335. The maximum absolute atomic E-state index is 5.87. The van der Waals surface area contributed by atoms with Gasteiger partial charge in [0, 0.05) is 33.5 Å². The Labute approximate surface area is 101 Å². The fourth-order valence-electron chi connectivity index (χ4n) is 2.39. The smallest absolute Gasteiger partial charge is 0.420 e. The lowest BCUT2D eigenvalue weighted by Crippen LogP contribution is -2.48. The molecule has 2 unspecified atom stereocenters. The Hall–Kier alpha value is 0.274. The molecule has 1 rings (SSSR count). The van der Waals surface area contributed by atoms with E-state index in [9.17, 15) is 0 Å². The Morgan fingerprint density at radius 1 is 1.19 bits per heavy atom. The van der Waals surface area contributed by atoms with Crippen LogP contribution in [0.15, 0.2) is 0 Å². The van der Waals surface area contributed by atoms with Crippen molar-refractivity contribution in [1.82, 2.24) is 0 Å². The first-order valence-electron chi connectivity index (χ1n) is 5.95. The fraction of sp³-hybridized carbons (Fsp3) is 1.00. The van der Waals surface area contributed by atoms with Crippen molar-refractivity contribution in [3.63, 3.8) is 0 Å². The Morgan fingerprint density at radius 3 is 2.25 bits per heavy atom. The van der Waals surface area contributed by atoms with Gasteiger partial charge >= 0.3 is 8.80 Å². The molecule has 1 heterocycles. The van der Waals surface area contributed by atoms with Gasteiger partial charge in [-0.25, -0.2) is 0 Å². The minimum atomic E-state index is -2.45. The largest absolute Gasteiger partial charge is 0.502 e. The lowest BCUT2D eigenvalue weighted by atomic mass is 10.4. The molecule has 4 nitrogen and oxygen atoms in total. The molecule has 0 spiro atoms. The van der Waals surface area contributed by atoms with E-state index < -0.39 is 17.8 Å². The third kappa shape index (κ3) is 3.38. The zero-order chi connectivity index (χ0) is 12.0. The van der Waals surface area contributed by atoms with Crippen molar-refractivity contribution in [2.45, 2.75) is 37.4 Å². The summed E-state index contributed by atoms with van der Waals surface area (Å²) in [7, 11) is 1.56. The molecule has 1 aliphatic heterocycles. The first-order chi connectivity index (χ1) is 7.68. The van der Waals surface area contributed by atoms with Gasteiger partial charge < -0.3 is 17.7 Å². The first-order valence-corrected chi connectivity index (χ1v) is 9.86. The van der Waals surface area contributed by atoms with Crippen LogP contribution in [0, 0.1) is 0 Å². The normalized spacial score (nSPS) is 24.4. The van der Waals surface area contributed by atoms with Gasteiger partial charge in [0.1, 0.15) is 0 Å². The molecule has 1 fully saturated rings. The average Bonchev–Trinajstić information content (AvgIpc) is 2.33. The van der Waals surface area contributed by atoms with Crippen LogP contribution in [0.5, 0.6) is 0 Å². The summed E-state index contributed by atoms with van der Waals surface area (Å²) in [6, 6.07) is 2.38. The molecule has 0 amide bonds. The molecule has 2 atom stereocenters. The number of rotatable bonds is 6.